The summed E-state index contributed by atoms with van der Waals surface area (Å²) >= 11 is 0. The Morgan fingerprint density at radius 3 is 2.54 bits per heavy atom. The summed E-state index contributed by atoms with van der Waals surface area (Å²) in [5.74, 6) is -0.529. The summed E-state index contributed by atoms with van der Waals surface area (Å²) in [5.41, 5.74) is 6.26. The van der Waals surface area contributed by atoms with Crippen molar-refractivity contribution < 1.29 is 22.7 Å². The second-order valence-electron chi connectivity index (χ2n) is 5.31. The van der Waals surface area contributed by atoms with Crippen LogP contribution in [0.5, 0.6) is 0 Å². The number of rotatable bonds is 5. The summed E-state index contributed by atoms with van der Waals surface area (Å²) in [6.07, 6.45) is -4.24. The van der Waals surface area contributed by atoms with Crippen LogP contribution in [-0.2, 0) is 22.1 Å². The molecule has 1 atom stereocenters. The minimum atomic E-state index is -4.44. The Bertz CT molecular complexity index is 713. The molecule has 128 valence electrons. The van der Waals surface area contributed by atoms with Crippen LogP contribution in [0.4, 0.5) is 13.2 Å². The van der Waals surface area contributed by atoms with Crippen molar-refractivity contribution in [2.75, 3.05) is 6.61 Å². The number of esters is 1. The second-order valence-corrected chi connectivity index (χ2v) is 5.31. The number of alkyl halides is 3. The number of carbonyl (C=O) groups excluding carboxylic acids is 1. The van der Waals surface area contributed by atoms with Crippen LogP contribution in [0.25, 0.3) is 11.1 Å². The molecule has 0 amide bonds. The van der Waals surface area contributed by atoms with Gasteiger partial charge in [-0.05, 0) is 36.1 Å². The number of nitrogens with two attached hydrogens (primary N) is 1. The van der Waals surface area contributed by atoms with Gasteiger partial charge in [-0.15, -0.1) is 0 Å². The monoisotopic (exact) mass is 337 g/mol. The molecule has 0 aliphatic carbocycles. The van der Waals surface area contributed by atoms with Crippen LogP contribution in [-0.4, -0.2) is 18.6 Å². The minimum absolute atomic E-state index is 0.0940. The predicted molar refractivity (Wildman–Crippen MR) is 85.2 cm³/mol. The molecule has 24 heavy (non-hydrogen) atoms. The van der Waals surface area contributed by atoms with E-state index in [1.807, 2.05) is 0 Å². The number of carbonyl (C=O) groups is 1. The molecule has 2 rings (SSSR count). The van der Waals surface area contributed by atoms with Crippen molar-refractivity contribution in [2.24, 2.45) is 5.73 Å². The maximum atomic E-state index is 13.2. The van der Waals surface area contributed by atoms with Gasteiger partial charge in [0.25, 0.3) is 0 Å². The molecular formula is C18H18F3NO2. The molecule has 0 saturated heterocycles. The van der Waals surface area contributed by atoms with Crippen molar-refractivity contribution in [3.05, 3.63) is 59.7 Å². The Morgan fingerprint density at radius 1 is 1.17 bits per heavy atom. The third-order valence-corrected chi connectivity index (χ3v) is 3.52. The van der Waals surface area contributed by atoms with Crippen LogP contribution in [0.3, 0.4) is 0 Å². The van der Waals surface area contributed by atoms with Crippen molar-refractivity contribution >= 4 is 5.97 Å². The third-order valence-electron chi connectivity index (χ3n) is 3.52. The number of ether oxygens (including phenoxy) is 1. The largest absolute Gasteiger partial charge is 0.465 e. The molecule has 0 heterocycles. The van der Waals surface area contributed by atoms with Gasteiger partial charge in [-0.3, -0.25) is 4.79 Å². The smallest absolute Gasteiger partial charge is 0.417 e. The summed E-state index contributed by atoms with van der Waals surface area (Å²) in [6.45, 7) is 1.91. The van der Waals surface area contributed by atoms with Crippen LogP contribution < -0.4 is 5.73 Å². The Hall–Kier alpha value is -2.34. The fourth-order valence-electron chi connectivity index (χ4n) is 2.43. The van der Waals surface area contributed by atoms with Gasteiger partial charge in [0.05, 0.1) is 12.2 Å². The van der Waals surface area contributed by atoms with E-state index in [0.29, 0.717) is 11.1 Å². The summed E-state index contributed by atoms with van der Waals surface area (Å²) in [6, 6.07) is 11.1. The second kappa shape index (κ2) is 7.49. The number of hydrogen-bond donors (Lipinski definition) is 1. The average Bonchev–Trinajstić information content (AvgIpc) is 2.54. The molecule has 2 N–H and O–H groups in total. The first-order valence-corrected chi connectivity index (χ1v) is 7.50. The summed E-state index contributed by atoms with van der Waals surface area (Å²) in [7, 11) is 0. The first kappa shape index (κ1) is 18.0. The van der Waals surface area contributed by atoms with Crippen LogP contribution in [0.15, 0.2) is 48.5 Å². The van der Waals surface area contributed by atoms with E-state index in [0.717, 1.165) is 6.07 Å². The lowest BCUT2D eigenvalue weighted by Gasteiger charge is -2.14. The van der Waals surface area contributed by atoms with Gasteiger partial charge in [-0.2, -0.15) is 13.2 Å². The highest BCUT2D eigenvalue weighted by atomic mass is 19.4. The fraction of sp³-hybridized carbons (Fsp3) is 0.278. The van der Waals surface area contributed by atoms with Crippen LogP contribution in [0, 0.1) is 0 Å². The molecule has 3 nitrogen and oxygen atoms in total. The van der Waals surface area contributed by atoms with Gasteiger partial charge in [-0.1, -0.05) is 42.5 Å². The molecule has 0 fully saturated rings. The van der Waals surface area contributed by atoms with E-state index in [2.05, 4.69) is 0 Å². The topological polar surface area (TPSA) is 52.3 Å². The zero-order chi connectivity index (χ0) is 17.7. The van der Waals surface area contributed by atoms with Crippen LogP contribution in [0.2, 0.25) is 0 Å². The van der Waals surface area contributed by atoms with Crippen molar-refractivity contribution in [2.45, 2.75) is 25.6 Å². The van der Waals surface area contributed by atoms with Crippen molar-refractivity contribution in [1.82, 2.24) is 0 Å². The Balaban J connectivity index is 2.31. The highest BCUT2D eigenvalue weighted by Gasteiger charge is 2.33. The van der Waals surface area contributed by atoms with E-state index in [4.69, 9.17) is 10.5 Å². The van der Waals surface area contributed by atoms with Gasteiger partial charge >= 0.3 is 12.1 Å². The SMILES string of the molecule is CCOC(=O)C(N)Cc1cccc(-c2ccccc2C(F)(F)F)c1. The normalized spacial score (nSPS) is 12.7. The van der Waals surface area contributed by atoms with Gasteiger partial charge in [0.1, 0.15) is 6.04 Å². The molecule has 0 aromatic heterocycles. The number of hydrogen-bond acceptors (Lipinski definition) is 3. The molecule has 2 aromatic rings. The molecule has 1 unspecified atom stereocenters. The average molecular weight is 337 g/mol. The first-order chi connectivity index (χ1) is 11.3. The molecule has 6 heteroatoms. The summed E-state index contributed by atoms with van der Waals surface area (Å²) in [4.78, 5) is 11.6. The highest BCUT2D eigenvalue weighted by Crippen LogP contribution is 2.37. The van der Waals surface area contributed by atoms with Gasteiger partial charge in [0.15, 0.2) is 0 Å². The van der Waals surface area contributed by atoms with Crippen molar-refractivity contribution in [3.8, 4) is 11.1 Å². The van der Waals surface area contributed by atoms with Gasteiger partial charge in [0, 0.05) is 0 Å². The Morgan fingerprint density at radius 2 is 1.88 bits per heavy atom. The van der Waals surface area contributed by atoms with E-state index >= 15 is 0 Å². The molecular weight excluding hydrogens is 319 g/mol. The standard InChI is InChI=1S/C18H18F3NO2/c1-2-24-17(23)16(22)11-12-6-5-7-13(10-12)14-8-3-4-9-15(14)18(19,20)21/h3-10,16H,2,11,22H2,1H3. The maximum Gasteiger partial charge on any atom is 0.417 e. The van der Waals surface area contributed by atoms with E-state index in [1.54, 1.807) is 37.3 Å². The Labute approximate surface area is 138 Å². The fourth-order valence-corrected chi connectivity index (χ4v) is 2.43. The lowest BCUT2D eigenvalue weighted by atomic mass is 9.96. The molecule has 0 aliphatic rings. The molecule has 0 spiro atoms. The van der Waals surface area contributed by atoms with E-state index in [9.17, 15) is 18.0 Å². The molecule has 0 saturated carbocycles. The molecule has 0 radical (unpaired) electrons. The molecule has 0 aliphatic heterocycles. The molecule has 2 aromatic carbocycles. The highest BCUT2D eigenvalue weighted by molar-refractivity contribution is 5.76. The van der Waals surface area contributed by atoms with Crippen molar-refractivity contribution in [1.29, 1.82) is 0 Å². The lowest BCUT2D eigenvalue weighted by molar-refractivity contribution is -0.144. The zero-order valence-electron chi connectivity index (χ0n) is 13.1. The first-order valence-electron chi connectivity index (χ1n) is 7.50. The summed E-state index contributed by atoms with van der Waals surface area (Å²) < 4.78 is 44.3. The maximum absolute atomic E-state index is 13.2. The number of benzene rings is 2. The quantitative estimate of drug-likeness (QED) is 0.844. The van der Waals surface area contributed by atoms with Crippen LogP contribution >= 0.6 is 0 Å². The molecule has 0 bridgehead atoms. The van der Waals surface area contributed by atoms with Crippen LogP contribution in [0.1, 0.15) is 18.1 Å². The lowest BCUT2D eigenvalue weighted by Crippen LogP contribution is -2.34. The number of halogens is 3. The minimum Gasteiger partial charge on any atom is -0.465 e. The van der Waals surface area contributed by atoms with Gasteiger partial charge in [-0.25, -0.2) is 0 Å². The van der Waals surface area contributed by atoms with Gasteiger partial charge < -0.3 is 10.5 Å². The van der Waals surface area contributed by atoms with E-state index < -0.39 is 23.8 Å². The van der Waals surface area contributed by atoms with Gasteiger partial charge in [0.2, 0.25) is 0 Å². The van der Waals surface area contributed by atoms with Crippen molar-refractivity contribution in [3.63, 3.8) is 0 Å². The summed E-state index contributed by atoms with van der Waals surface area (Å²) in [5, 5.41) is 0. The predicted octanol–water partition coefficient (Wildman–Crippen LogP) is 3.81. The zero-order valence-corrected chi connectivity index (χ0v) is 13.1. The third kappa shape index (κ3) is 4.35. The van der Waals surface area contributed by atoms with E-state index in [1.165, 1.54) is 12.1 Å². The Kier molecular flexibility index (Phi) is 5.62. The van der Waals surface area contributed by atoms with E-state index in [-0.39, 0.29) is 18.6 Å².